The molecule has 0 saturated carbocycles. The standard InChI is InChI=1S/C16H13BrN4O4/c1-23-10-4-7(3-9(17)13(10)24-2)11-8(5-18)14(19)25-16-12(11)15(22)20-6-21-16/h3-4,6,8,11,19H,1-2H3,(H,20,21,22). The smallest absolute Gasteiger partial charge is 0.258 e. The first-order valence-corrected chi connectivity index (χ1v) is 7.96. The van der Waals surface area contributed by atoms with Crippen molar-refractivity contribution in [3.05, 3.63) is 44.4 Å². The number of rotatable bonds is 3. The van der Waals surface area contributed by atoms with Crippen molar-refractivity contribution in [2.24, 2.45) is 5.92 Å². The summed E-state index contributed by atoms with van der Waals surface area (Å²) in [6.45, 7) is 0. The van der Waals surface area contributed by atoms with E-state index in [0.29, 0.717) is 21.5 Å². The lowest BCUT2D eigenvalue weighted by Gasteiger charge is -2.28. The van der Waals surface area contributed by atoms with Gasteiger partial charge >= 0.3 is 0 Å². The Balaban J connectivity index is 2.28. The fraction of sp³-hybridized carbons (Fsp3) is 0.250. The van der Waals surface area contributed by atoms with Crippen molar-refractivity contribution in [1.82, 2.24) is 9.97 Å². The second-order valence-corrected chi connectivity index (χ2v) is 6.09. The highest BCUT2D eigenvalue weighted by molar-refractivity contribution is 9.10. The topological polar surface area (TPSA) is 121 Å². The Bertz CT molecular complexity index is 950. The molecule has 0 amide bonds. The number of fused-ring (bicyclic) bond motifs is 1. The second-order valence-electron chi connectivity index (χ2n) is 5.24. The van der Waals surface area contributed by atoms with Gasteiger partial charge in [-0.05, 0) is 33.6 Å². The Labute approximate surface area is 151 Å². The lowest BCUT2D eigenvalue weighted by molar-refractivity contribution is 0.352. The Hall–Kier alpha value is -2.86. The zero-order chi connectivity index (χ0) is 18.1. The lowest BCUT2D eigenvalue weighted by atomic mass is 9.80. The number of hydrogen-bond acceptors (Lipinski definition) is 7. The van der Waals surface area contributed by atoms with Gasteiger partial charge in [-0.3, -0.25) is 10.2 Å². The van der Waals surface area contributed by atoms with E-state index in [1.807, 2.05) is 6.07 Å². The van der Waals surface area contributed by atoms with Crippen LogP contribution in [0.25, 0.3) is 0 Å². The van der Waals surface area contributed by atoms with Crippen LogP contribution in [0, 0.1) is 22.7 Å². The maximum absolute atomic E-state index is 12.4. The SMILES string of the molecule is COc1cc(C2c3c(nc[nH]c3=O)OC(=N)C2C#N)cc(Br)c1OC. The van der Waals surface area contributed by atoms with E-state index >= 15 is 0 Å². The molecule has 0 spiro atoms. The number of aromatic amines is 1. The third-order valence-corrected chi connectivity index (χ3v) is 4.53. The molecule has 2 heterocycles. The first kappa shape index (κ1) is 17.0. The van der Waals surface area contributed by atoms with Gasteiger partial charge in [0.15, 0.2) is 11.5 Å². The van der Waals surface area contributed by atoms with Crippen LogP contribution in [0.2, 0.25) is 0 Å². The first-order chi connectivity index (χ1) is 12.0. The molecule has 2 N–H and O–H groups in total. The molecule has 0 fully saturated rings. The van der Waals surface area contributed by atoms with Gasteiger partial charge in [-0.15, -0.1) is 0 Å². The lowest BCUT2D eigenvalue weighted by Crippen LogP contribution is -2.35. The minimum atomic E-state index is -0.970. The summed E-state index contributed by atoms with van der Waals surface area (Å²) < 4.78 is 16.5. The molecule has 1 aromatic carbocycles. The first-order valence-electron chi connectivity index (χ1n) is 7.16. The van der Waals surface area contributed by atoms with Gasteiger partial charge in [0, 0.05) is 5.92 Å². The number of H-pyrrole nitrogens is 1. The Morgan fingerprint density at radius 1 is 1.40 bits per heavy atom. The van der Waals surface area contributed by atoms with Gasteiger partial charge in [0.25, 0.3) is 5.56 Å². The summed E-state index contributed by atoms with van der Waals surface area (Å²) in [5.74, 6) is -1.01. The summed E-state index contributed by atoms with van der Waals surface area (Å²) in [7, 11) is 3.00. The van der Waals surface area contributed by atoms with Crippen LogP contribution in [0.15, 0.2) is 27.7 Å². The van der Waals surface area contributed by atoms with E-state index in [4.69, 9.17) is 19.6 Å². The molecule has 2 unspecified atom stereocenters. The van der Waals surface area contributed by atoms with Crippen molar-refractivity contribution in [1.29, 1.82) is 10.7 Å². The van der Waals surface area contributed by atoms with Gasteiger partial charge in [-0.2, -0.15) is 5.26 Å². The molecule has 9 heteroatoms. The van der Waals surface area contributed by atoms with Crippen molar-refractivity contribution in [3.8, 4) is 23.4 Å². The Kier molecular flexibility index (Phi) is 4.46. The number of nitrogens with zero attached hydrogens (tertiary/aromatic N) is 2. The number of hydrogen-bond donors (Lipinski definition) is 2. The van der Waals surface area contributed by atoms with Crippen molar-refractivity contribution >= 4 is 21.8 Å². The summed E-state index contributed by atoms with van der Waals surface area (Å²) in [6.07, 6.45) is 1.20. The van der Waals surface area contributed by atoms with Crippen LogP contribution < -0.4 is 19.8 Å². The molecule has 3 rings (SSSR count). The van der Waals surface area contributed by atoms with E-state index in [1.165, 1.54) is 20.5 Å². The molecule has 128 valence electrons. The van der Waals surface area contributed by atoms with Crippen LogP contribution in [-0.2, 0) is 0 Å². The van der Waals surface area contributed by atoms with Crippen LogP contribution >= 0.6 is 15.9 Å². The molecule has 2 atom stereocenters. The number of ether oxygens (including phenoxy) is 3. The van der Waals surface area contributed by atoms with Gasteiger partial charge in [0.05, 0.1) is 36.7 Å². The Morgan fingerprint density at radius 3 is 2.80 bits per heavy atom. The molecule has 1 aromatic heterocycles. The summed E-state index contributed by atoms with van der Waals surface area (Å²) >= 11 is 3.41. The van der Waals surface area contributed by atoms with E-state index in [2.05, 4.69) is 25.9 Å². The minimum Gasteiger partial charge on any atom is -0.493 e. The van der Waals surface area contributed by atoms with E-state index in [0.717, 1.165) is 0 Å². The molecule has 0 bridgehead atoms. The average molecular weight is 405 g/mol. The molecule has 0 aliphatic carbocycles. The van der Waals surface area contributed by atoms with Crippen LogP contribution in [0.1, 0.15) is 17.0 Å². The number of nitrogens with one attached hydrogen (secondary N) is 2. The molecule has 2 aromatic rings. The highest BCUT2D eigenvalue weighted by atomic mass is 79.9. The molecule has 1 aliphatic heterocycles. The van der Waals surface area contributed by atoms with E-state index < -0.39 is 17.4 Å². The fourth-order valence-corrected chi connectivity index (χ4v) is 3.47. The van der Waals surface area contributed by atoms with Gasteiger partial charge in [0.1, 0.15) is 5.92 Å². The summed E-state index contributed by atoms with van der Waals surface area (Å²) in [6, 6.07) is 5.44. The van der Waals surface area contributed by atoms with Crippen LogP contribution in [0.5, 0.6) is 17.4 Å². The van der Waals surface area contributed by atoms with Gasteiger partial charge in [0.2, 0.25) is 11.8 Å². The van der Waals surface area contributed by atoms with Gasteiger partial charge in [-0.25, -0.2) is 4.98 Å². The fourth-order valence-electron chi connectivity index (χ4n) is 2.84. The number of nitriles is 1. The molecular weight excluding hydrogens is 392 g/mol. The van der Waals surface area contributed by atoms with Crippen molar-refractivity contribution in [2.75, 3.05) is 14.2 Å². The maximum Gasteiger partial charge on any atom is 0.258 e. The second kappa shape index (κ2) is 6.57. The number of halogens is 1. The Morgan fingerprint density at radius 2 is 2.16 bits per heavy atom. The highest BCUT2D eigenvalue weighted by Crippen LogP contribution is 2.44. The van der Waals surface area contributed by atoms with E-state index in [-0.39, 0.29) is 17.3 Å². The molecule has 0 radical (unpaired) electrons. The predicted octanol–water partition coefficient (Wildman–Crippen LogP) is 2.19. The number of aromatic nitrogens is 2. The largest absolute Gasteiger partial charge is 0.493 e. The third kappa shape index (κ3) is 2.74. The van der Waals surface area contributed by atoms with Crippen molar-refractivity contribution in [3.63, 3.8) is 0 Å². The highest BCUT2D eigenvalue weighted by Gasteiger charge is 2.40. The van der Waals surface area contributed by atoms with Crippen LogP contribution in [0.3, 0.4) is 0 Å². The average Bonchev–Trinajstić information content (AvgIpc) is 2.60. The predicted molar refractivity (Wildman–Crippen MR) is 91.4 cm³/mol. The molecular formula is C16H13BrN4O4. The quantitative estimate of drug-likeness (QED) is 0.808. The van der Waals surface area contributed by atoms with E-state index in [1.54, 1.807) is 12.1 Å². The normalized spacial score (nSPS) is 18.7. The number of benzene rings is 1. The summed E-state index contributed by atoms with van der Waals surface area (Å²) in [4.78, 5) is 18.8. The third-order valence-electron chi connectivity index (χ3n) is 3.94. The summed E-state index contributed by atoms with van der Waals surface area (Å²) in [5, 5.41) is 17.5. The number of methoxy groups -OCH3 is 2. The monoisotopic (exact) mass is 404 g/mol. The summed E-state index contributed by atoms with van der Waals surface area (Å²) in [5.41, 5.74) is 0.377. The molecule has 25 heavy (non-hydrogen) atoms. The van der Waals surface area contributed by atoms with Crippen LogP contribution in [-0.4, -0.2) is 30.1 Å². The van der Waals surface area contributed by atoms with E-state index in [9.17, 15) is 10.1 Å². The molecule has 0 saturated heterocycles. The van der Waals surface area contributed by atoms with Crippen molar-refractivity contribution in [2.45, 2.75) is 5.92 Å². The van der Waals surface area contributed by atoms with Crippen LogP contribution in [0.4, 0.5) is 0 Å². The zero-order valence-corrected chi connectivity index (χ0v) is 14.9. The van der Waals surface area contributed by atoms with Gasteiger partial charge < -0.3 is 19.2 Å². The minimum absolute atomic E-state index is 0.0242. The molecule has 8 nitrogen and oxygen atoms in total. The molecule has 1 aliphatic rings. The van der Waals surface area contributed by atoms with Crippen molar-refractivity contribution < 1.29 is 14.2 Å². The maximum atomic E-state index is 12.4. The van der Waals surface area contributed by atoms with Gasteiger partial charge in [-0.1, -0.05) is 0 Å². The zero-order valence-electron chi connectivity index (χ0n) is 13.3.